The van der Waals surface area contributed by atoms with Gasteiger partial charge in [-0.25, -0.2) is 4.99 Å². The van der Waals surface area contributed by atoms with Crippen LogP contribution in [0.2, 0.25) is 0 Å². The maximum Gasteiger partial charge on any atom is 0.251 e. The van der Waals surface area contributed by atoms with Gasteiger partial charge in [-0.1, -0.05) is 18.2 Å². The molecule has 4 N–H and O–H groups in total. The number of hydrogen-bond donors (Lipinski definition) is 3. The summed E-state index contributed by atoms with van der Waals surface area (Å²) in [5, 5.41) is 6.13. The first-order valence-corrected chi connectivity index (χ1v) is 9.40. The van der Waals surface area contributed by atoms with E-state index >= 15 is 0 Å². The molecule has 0 radical (unpaired) electrons. The first-order chi connectivity index (χ1) is 12.8. The smallest absolute Gasteiger partial charge is 0.251 e. The van der Waals surface area contributed by atoms with Gasteiger partial charge in [0.05, 0.1) is 6.54 Å². The van der Waals surface area contributed by atoms with E-state index in [0.29, 0.717) is 18.1 Å². The number of amides is 1. The summed E-state index contributed by atoms with van der Waals surface area (Å²) in [5.74, 6) is 0.287. The summed E-state index contributed by atoms with van der Waals surface area (Å²) < 4.78 is 0. The van der Waals surface area contributed by atoms with Crippen LogP contribution in [0.3, 0.4) is 0 Å². The minimum Gasteiger partial charge on any atom is -0.370 e. The molecule has 1 aliphatic carbocycles. The highest BCUT2D eigenvalue weighted by Crippen LogP contribution is 2.24. The number of aryl methyl sites for hydroxylation is 2. The Bertz CT molecular complexity index is 871. The van der Waals surface area contributed by atoms with Crippen LogP contribution >= 0.6 is 24.0 Å². The molecule has 0 saturated heterocycles. The molecule has 1 aliphatic rings. The Labute approximate surface area is 184 Å². The van der Waals surface area contributed by atoms with E-state index in [1.165, 1.54) is 17.5 Å². The first-order valence-electron chi connectivity index (χ1n) is 9.40. The van der Waals surface area contributed by atoms with Crippen LogP contribution < -0.4 is 16.4 Å². The van der Waals surface area contributed by atoms with Crippen molar-refractivity contribution in [2.75, 3.05) is 5.32 Å². The van der Waals surface area contributed by atoms with E-state index in [4.69, 9.17) is 5.73 Å². The van der Waals surface area contributed by atoms with Crippen LogP contribution in [0.25, 0.3) is 0 Å². The average Bonchev–Trinajstić information content (AvgIpc) is 3.06. The topological polar surface area (TPSA) is 79.5 Å². The van der Waals surface area contributed by atoms with Crippen molar-refractivity contribution in [1.29, 1.82) is 0 Å². The molecule has 3 rings (SSSR count). The number of nitrogens with two attached hydrogens (primary N) is 1. The summed E-state index contributed by atoms with van der Waals surface area (Å²) in [7, 11) is 0. The van der Waals surface area contributed by atoms with Crippen molar-refractivity contribution >= 4 is 41.5 Å². The normalized spacial score (nSPS) is 13.5. The quantitative estimate of drug-likeness (QED) is 0.339. The Morgan fingerprint density at radius 2 is 1.86 bits per heavy atom. The molecule has 0 spiro atoms. The van der Waals surface area contributed by atoms with E-state index < -0.39 is 0 Å². The lowest BCUT2D eigenvalue weighted by molar-refractivity contribution is 0.0919. The number of hydrogen-bond acceptors (Lipinski definition) is 2. The molecule has 0 fully saturated rings. The third-order valence-electron chi connectivity index (χ3n) is 4.48. The van der Waals surface area contributed by atoms with Crippen molar-refractivity contribution in [3.8, 4) is 0 Å². The fourth-order valence-corrected chi connectivity index (χ4v) is 3.24. The van der Waals surface area contributed by atoms with Crippen molar-refractivity contribution in [2.24, 2.45) is 10.7 Å². The molecule has 0 saturated carbocycles. The standard InChI is InChI=1S/C22H28N4O.HI/c1-22(2,3)26-20(27)18-9-4-6-15(12-18)14-24-21(23)25-19-11-10-16-7-5-8-17(16)13-19;/h4,6,9-13H,5,7-8,14H2,1-3H3,(H,26,27)(H3,23,24,25);1H. The number of halogens is 1. The van der Waals surface area contributed by atoms with Crippen molar-refractivity contribution in [3.63, 3.8) is 0 Å². The van der Waals surface area contributed by atoms with Crippen LogP contribution in [-0.2, 0) is 19.4 Å². The highest BCUT2D eigenvalue weighted by Gasteiger charge is 2.15. The largest absolute Gasteiger partial charge is 0.370 e. The van der Waals surface area contributed by atoms with Crippen molar-refractivity contribution in [3.05, 3.63) is 64.7 Å². The number of anilines is 1. The Kier molecular flexibility index (Phi) is 7.46. The number of rotatable bonds is 4. The number of nitrogens with zero attached hydrogens (tertiary/aromatic N) is 1. The van der Waals surface area contributed by atoms with Crippen LogP contribution in [0.15, 0.2) is 47.5 Å². The zero-order chi connectivity index (χ0) is 19.4. The minimum absolute atomic E-state index is 0. The van der Waals surface area contributed by atoms with Gasteiger partial charge in [0, 0.05) is 16.8 Å². The zero-order valence-electron chi connectivity index (χ0n) is 16.7. The molecule has 0 aliphatic heterocycles. The summed E-state index contributed by atoms with van der Waals surface area (Å²) in [4.78, 5) is 16.7. The van der Waals surface area contributed by atoms with Gasteiger partial charge in [0.15, 0.2) is 5.96 Å². The van der Waals surface area contributed by atoms with Gasteiger partial charge in [0.2, 0.25) is 0 Å². The van der Waals surface area contributed by atoms with Gasteiger partial charge in [-0.15, -0.1) is 24.0 Å². The van der Waals surface area contributed by atoms with E-state index in [1.54, 1.807) is 6.07 Å². The average molecular weight is 492 g/mol. The third kappa shape index (κ3) is 6.22. The van der Waals surface area contributed by atoms with Crippen LogP contribution in [0.1, 0.15) is 54.2 Å². The number of carbonyl (C=O) groups is 1. The van der Waals surface area contributed by atoms with Crippen LogP contribution in [0.5, 0.6) is 0 Å². The van der Waals surface area contributed by atoms with Gasteiger partial charge >= 0.3 is 0 Å². The van der Waals surface area contributed by atoms with Gasteiger partial charge in [-0.05, 0) is 81.0 Å². The Balaban J connectivity index is 0.00000280. The molecule has 2 aromatic rings. The van der Waals surface area contributed by atoms with E-state index in [0.717, 1.165) is 24.1 Å². The summed E-state index contributed by atoms with van der Waals surface area (Å²) in [5.41, 5.74) is 11.1. The molecule has 2 aromatic carbocycles. The molecule has 0 aromatic heterocycles. The van der Waals surface area contributed by atoms with Gasteiger partial charge < -0.3 is 16.4 Å². The fourth-order valence-electron chi connectivity index (χ4n) is 3.24. The summed E-state index contributed by atoms with van der Waals surface area (Å²) >= 11 is 0. The zero-order valence-corrected chi connectivity index (χ0v) is 19.0. The molecule has 1 amide bonds. The Morgan fingerprint density at radius 3 is 2.61 bits per heavy atom. The maximum absolute atomic E-state index is 12.3. The van der Waals surface area contributed by atoms with E-state index in [2.05, 4.69) is 27.8 Å². The Morgan fingerprint density at radius 1 is 1.11 bits per heavy atom. The third-order valence-corrected chi connectivity index (χ3v) is 4.48. The summed E-state index contributed by atoms with van der Waals surface area (Å²) in [6, 6.07) is 13.8. The number of fused-ring (bicyclic) bond motifs is 1. The SMILES string of the molecule is CC(C)(C)NC(=O)c1cccc(CN=C(N)Nc2ccc3c(c2)CCC3)c1.I. The second-order valence-corrected chi connectivity index (χ2v) is 8.07. The molecular weight excluding hydrogens is 463 g/mol. The molecule has 0 atom stereocenters. The number of carbonyl (C=O) groups excluding carboxylic acids is 1. The number of aliphatic imine (C=N–C) groups is 1. The van der Waals surface area contributed by atoms with Gasteiger partial charge in [-0.3, -0.25) is 4.79 Å². The van der Waals surface area contributed by atoms with Gasteiger partial charge in [0.25, 0.3) is 5.91 Å². The van der Waals surface area contributed by atoms with Crippen molar-refractivity contribution in [2.45, 2.75) is 52.1 Å². The molecule has 5 nitrogen and oxygen atoms in total. The monoisotopic (exact) mass is 492 g/mol. The molecule has 0 heterocycles. The van der Waals surface area contributed by atoms with Gasteiger partial charge in [-0.2, -0.15) is 0 Å². The van der Waals surface area contributed by atoms with Crippen LogP contribution in [-0.4, -0.2) is 17.4 Å². The Hall–Kier alpha value is -2.09. The minimum atomic E-state index is -0.268. The number of nitrogens with one attached hydrogen (secondary N) is 2. The van der Waals surface area contributed by atoms with Crippen LogP contribution in [0, 0.1) is 0 Å². The lowest BCUT2D eigenvalue weighted by Crippen LogP contribution is -2.40. The predicted octanol–water partition coefficient (Wildman–Crippen LogP) is 4.25. The maximum atomic E-state index is 12.3. The second kappa shape index (κ2) is 9.41. The molecule has 28 heavy (non-hydrogen) atoms. The fraction of sp³-hybridized carbons (Fsp3) is 0.364. The van der Waals surface area contributed by atoms with E-state index in [1.807, 2.05) is 45.0 Å². The molecule has 0 bridgehead atoms. The molecular formula is C22H29IN4O. The summed E-state index contributed by atoms with van der Waals surface area (Å²) in [6.07, 6.45) is 3.52. The van der Waals surface area contributed by atoms with E-state index in [-0.39, 0.29) is 35.4 Å². The molecule has 0 unspecified atom stereocenters. The predicted molar refractivity (Wildman–Crippen MR) is 126 cm³/mol. The summed E-state index contributed by atoms with van der Waals surface area (Å²) in [6.45, 7) is 6.31. The van der Waals surface area contributed by atoms with Gasteiger partial charge in [0.1, 0.15) is 0 Å². The number of benzene rings is 2. The lowest BCUT2D eigenvalue weighted by Gasteiger charge is -2.20. The van der Waals surface area contributed by atoms with Crippen molar-refractivity contribution < 1.29 is 4.79 Å². The molecule has 6 heteroatoms. The first kappa shape index (κ1) is 22.2. The van der Waals surface area contributed by atoms with Crippen molar-refractivity contribution in [1.82, 2.24) is 5.32 Å². The number of guanidine groups is 1. The highest BCUT2D eigenvalue weighted by atomic mass is 127. The lowest BCUT2D eigenvalue weighted by atomic mass is 10.1. The molecule has 150 valence electrons. The second-order valence-electron chi connectivity index (χ2n) is 8.07. The van der Waals surface area contributed by atoms with E-state index in [9.17, 15) is 4.79 Å². The van der Waals surface area contributed by atoms with Crippen LogP contribution in [0.4, 0.5) is 5.69 Å². The highest BCUT2D eigenvalue weighted by molar-refractivity contribution is 14.0.